The number of amides is 2. The monoisotopic (exact) mass is 366 g/mol. The van der Waals surface area contributed by atoms with Crippen LogP contribution in [-0.4, -0.2) is 34.7 Å². The fourth-order valence-corrected chi connectivity index (χ4v) is 2.73. The Morgan fingerprint density at radius 3 is 2.63 bits per heavy atom. The zero-order valence-corrected chi connectivity index (χ0v) is 15.4. The minimum absolute atomic E-state index is 0.0776. The number of para-hydroxylation sites is 1. The van der Waals surface area contributed by atoms with Crippen molar-refractivity contribution in [3.63, 3.8) is 0 Å². The van der Waals surface area contributed by atoms with Crippen LogP contribution >= 0.6 is 0 Å². The Balaban J connectivity index is 1.42. The molecule has 27 heavy (non-hydrogen) atoms. The summed E-state index contributed by atoms with van der Waals surface area (Å²) in [4.78, 5) is 24.0. The second-order valence-corrected chi connectivity index (χ2v) is 6.24. The van der Waals surface area contributed by atoms with Crippen molar-refractivity contribution in [2.45, 2.75) is 20.3 Å². The summed E-state index contributed by atoms with van der Waals surface area (Å²) in [5, 5.41) is 9.72. The molecule has 0 spiro atoms. The maximum absolute atomic E-state index is 12.1. The number of nitrogens with zero attached hydrogens (tertiary/aromatic N) is 2. The molecule has 0 saturated carbocycles. The maximum Gasteiger partial charge on any atom is 0.255 e. The lowest BCUT2D eigenvalue weighted by atomic mass is 10.2. The van der Waals surface area contributed by atoms with Gasteiger partial charge in [-0.15, -0.1) is 0 Å². The number of furan rings is 1. The van der Waals surface area contributed by atoms with E-state index < -0.39 is 0 Å². The van der Waals surface area contributed by atoms with Gasteiger partial charge in [0.1, 0.15) is 11.5 Å². The Kier molecular flexibility index (Phi) is 5.71. The molecule has 0 bridgehead atoms. The highest BCUT2D eigenvalue weighted by Crippen LogP contribution is 2.13. The number of hydrogen-bond donors (Lipinski definition) is 2. The van der Waals surface area contributed by atoms with Gasteiger partial charge < -0.3 is 15.1 Å². The largest absolute Gasteiger partial charge is 0.466 e. The van der Waals surface area contributed by atoms with Gasteiger partial charge in [0.25, 0.3) is 5.91 Å². The molecular formula is C20H22N4O3. The molecule has 0 aliphatic rings. The normalized spacial score (nSPS) is 10.6. The molecule has 140 valence electrons. The lowest BCUT2D eigenvalue weighted by Gasteiger charge is -2.06. The molecule has 1 aromatic carbocycles. The molecule has 0 atom stereocenters. The van der Waals surface area contributed by atoms with Crippen LogP contribution in [0, 0.1) is 13.8 Å². The van der Waals surface area contributed by atoms with Gasteiger partial charge >= 0.3 is 0 Å². The third kappa shape index (κ3) is 4.84. The molecule has 3 rings (SSSR count). The molecule has 2 N–H and O–H groups in total. The van der Waals surface area contributed by atoms with Gasteiger partial charge in [0.05, 0.1) is 24.0 Å². The van der Waals surface area contributed by atoms with Gasteiger partial charge in [0, 0.05) is 12.7 Å². The summed E-state index contributed by atoms with van der Waals surface area (Å²) >= 11 is 0. The van der Waals surface area contributed by atoms with Crippen molar-refractivity contribution >= 4 is 11.8 Å². The highest BCUT2D eigenvalue weighted by atomic mass is 16.3. The second kappa shape index (κ2) is 8.35. The van der Waals surface area contributed by atoms with E-state index in [1.807, 2.05) is 36.5 Å². The third-order valence-corrected chi connectivity index (χ3v) is 4.09. The van der Waals surface area contributed by atoms with E-state index >= 15 is 0 Å². The van der Waals surface area contributed by atoms with Gasteiger partial charge in [0.2, 0.25) is 5.91 Å². The van der Waals surface area contributed by atoms with Crippen LogP contribution in [0.2, 0.25) is 0 Å². The molecule has 2 heterocycles. The van der Waals surface area contributed by atoms with Crippen LogP contribution in [0.25, 0.3) is 5.69 Å². The van der Waals surface area contributed by atoms with Crippen LogP contribution in [-0.2, 0) is 11.2 Å². The van der Waals surface area contributed by atoms with Crippen molar-refractivity contribution in [3.05, 3.63) is 71.4 Å². The van der Waals surface area contributed by atoms with E-state index in [4.69, 9.17) is 4.42 Å². The van der Waals surface area contributed by atoms with Crippen LogP contribution in [0.1, 0.15) is 27.4 Å². The Labute approximate surface area is 157 Å². The molecule has 0 aliphatic carbocycles. The Morgan fingerprint density at radius 2 is 1.93 bits per heavy atom. The van der Waals surface area contributed by atoms with E-state index in [9.17, 15) is 9.59 Å². The molecule has 2 aromatic heterocycles. The molecular weight excluding hydrogens is 344 g/mol. The number of nitrogens with one attached hydrogen (secondary N) is 2. The quantitative estimate of drug-likeness (QED) is 0.671. The van der Waals surface area contributed by atoms with E-state index in [1.54, 1.807) is 30.8 Å². The topological polar surface area (TPSA) is 89.2 Å². The van der Waals surface area contributed by atoms with E-state index in [0.29, 0.717) is 30.0 Å². The number of hydrogen-bond acceptors (Lipinski definition) is 4. The lowest BCUT2D eigenvalue weighted by molar-refractivity contribution is -0.120. The highest BCUT2D eigenvalue weighted by Gasteiger charge is 2.14. The molecule has 3 aromatic rings. The van der Waals surface area contributed by atoms with Crippen LogP contribution in [0.4, 0.5) is 0 Å². The first-order chi connectivity index (χ1) is 13.0. The van der Waals surface area contributed by atoms with Crippen molar-refractivity contribution in [1.82, 2.24) is 20.4 Å². The Hall–Kier alpha value is -3.35. The zero-order valence-electron chi connectivity index (χ0n) is 15.4. The van der Waals surface area contributed by atoms with Crippen LogP contribution in [0.15, 0.2) is 53.2 Å². The van der Waals surface area contributed by atoms with Crippen LogP contribution < -0.4 is 10.6 Å². The Morgan fingerprint density at radius 1 is 1.15 bits per heavy atom. The Bertz CT molecular complexity index is 928. The minimum atomic E-state index is -0.316. The molecule has 0 aliphatic heterocycles. The van der Waals surface area contributed by atoms with E-state index in [1.165, 1.54) is 0 Å². The number of aryl methyl sites for hydroxylation is 2. The van der Waals surface area contributed by atoms with Crippen molar-refractivity contribution in [2.24, 2.45) is 0 Å². The number of carbonyl (C=O) groups excluding carboxylic acids is 2. The molecule has 0 fully saturated rings. The molecule has 0 unspecified atom stereocenters. The average Bonchev–Trinajstić information content (AvgIpc) is 3.26. The number of carbonyl (C=O) groups is 2. The summed E-state index contributed by atoms with van der Waals surface area (Å²) in [5.74, 6) is 0.652. The summed E-state index contributed by atoms with van der Waals surface area (Å²) in [6, 6.07) is 11.5. The average molecular weight is 366 g/mol. The predicted octanol–water partition coefficient (Wildman–Crippen LogP) is 2.17. The fraction of sp³-hybridized carbons (Fsp3) is 0.250. The summed E-state index contributed by atoms with van der Waals surface area (Å²) in [6.07, 6.45) is 4.38. The van der Waals surface area contributed by atoms with Crippen LogP contribution in [0.3, 0.4) is 0 Å². The van der Waals surface area contributed by atoms with E-state index in [0.717, 1.165) is 11.3 Å². The van der Waals surface area contributed by atoms with Gasteiger partial charge in [-0.3, -0.25) is 9.59 Å². The second-order valence-electron chi connectivity index (χ2n) is 6.24. The molecule has 2 amide bonds. The molecule has 0 saturated heterocycles. The SMILES string of the molecule is Cc1cc(C(=O)NCC(=O)NCCc2cnn(-c3ccccc3)c2)c(C)o1. The number of aromatic nitrogens is 2. The first kappa shape index (κ1) is 18.4. The van der Waals surface area contributed by atoms with Crippen molar-refractivity contribution in [2.75, 3.05) is 13.1 Å². The first-order valence-corrected chi connectivity index (χ1v) is 8.74. The van der Waals surface area contributed by atoms with Gasteiger partial charge in [-0.2, -0.15) is 5.10 Å². The molecule has 7 heteroatoms. The molecule has 0 radical (unpaired) electrons. The van der Waals surface area contributed by atoms with Crippen molar-refractivity contribution < 1.29 is 14.0 Å². The van der Waals surface area contributed by atoms with Crippen molar-refractivity contribution in [1.29, 1.82) is 0 Å². The van der Waals surface area contributed by atoms with Crippen molar-refractivity contribution in [3.8, 4) is 5.69 Å². The minimum Gasteiger partial charge on any atom is -0.466 e. The van der Waals surface area contributed by atoms with E-state index in [-0.39, 0.29) is 18.4 Å². The smallest absolute Gasteiger partial charge is 0.255 e. The van der Waals surface area contributed by atoms with Gasteiger partial charge in [-0.25, -0.2) is 4.68 Å². The highest BCUT2D eigenvalue weighted by molar-refractivity contribution is 5.97. The third-order valence-electron chi connectivity index (χ3n) is 4.09. The fourth-order valence-electron chi connectivity index (χ4n) is 2.73. The summed E-state index contributed by atoms with van der Waals surface area (Å²) in [5.41, 5.74) is 2.46. The first-order valence-electron chi connectivity index (χ1n) is 8.74. The number of benzene rings is 1. The molecule has 7 nitrogen and oxygen atoms in total. The maximum atomic E-state index is 12.1. The van der Waals surface area contributed by atoms with Crippen LogP contribution in [0.5, 0.6) is 0 Å². The van der Waals surface area contributed by atoms with Gasteiger partial charge in [-0.05, 0) is 44.0 Å². The number of rotatable bonds is 7. The zero-order chi connectivity index (χ0) is 19.2. The summed E-state index contributed by atoms with van der Waals surface area (Å²) in [6.45, 7) is 3.89. The predicted molar refractivity (Wildman–Crippen MR) is 101 cm³/mol. The summed E-state index contributed by atoms with van der Waals surface area (Å²) in [7, 11) is 0. The van der Waals surface area contributed by atoms with Gasteiger partial charge in [-0.1, -0.05) is 18.2 Å². The standard InChI is InChI=1S/C20H22N4O3/c1-14-10-18(15(2)27-14)20(26)22-12-19(25)21-9-8-16-11-23-24(13-16)17-6-4-3-5-7-17/h3-7,10-11,13H,8-9,12H2,1-2H3,(H,21,25)(H,22,26). The lowest BCUT2D eigenvalue weighted by Crippen LogP contribution is -2.37. The van der Waals surface area contributed by atoms with E-state index in [2.05, 4.69) is 15.7 Å². The van der Waals surface area contributed by atoms with Gasteiger partial charge in [0.15, 0.2) is 0 Å². The summed E-state index contributed by atoms with van der Waals surface area (Å²) < 4.78 is 7.12.